The first kappa shape index (κ1) is 16.4. The van der Waals surface area contributed by atoms with Gasteiger partial charge < -0.3 is 0 Å². The van der Waals surface area contributed by atoms with Crippen molar-refractivity contribution in [1.29, 1.82) is 0 Å². The number of aryl methyl sites for hydroxylation is 1. The van der Waals surface area contributed by atoms with Gasteiger partial charge in [-0.15, -0.1) is 5.10 Å². The lowest BCUT2D eigenvalue weighted by Crippen LogP contribution is -2.17. The molecular weight excluding hydrogens is 300 g/mol. The minimum atomic E-state index is -0.0336. The molecule has 1 aromatic heterocycles. The second-order valence-corrected chi connectivity index (χ2v) is 7.43. The Bertz CT molecular complexity index is 782. The quantitative estimate of drug-likeness (QED) is 0.836. The van der Waals surface area contributed by atoms with E-state index in [1.165, 1.54) is 11.1 Å². The van der Waals surface area contributed by atoms with Gasteiger partial charge in [-0.2, -0.15) is 4.98 Å². The van der Waals surface area contributed by atoms with Crippen molar-refractivity contribution in [2.24, 2.45) is 17.3 Å². The highest BCUT2D eigenvalue weighted by Gasteiger charge is 2.60. The molecule has 0 saturated heterocycles. The Labute approximate surface area is 142 Å². The Balaban J connectivity index is 1.70. The van der Waals surface area contributed by atoms with E-state index >= 15 is 0 Å². The number of aromatic nitrogens is 3. The molecular formula is C19H24N4O. The van der Waals surface area contributed by atoms with Crippen molar-refractivity contribution < 1.29 is 4.79 Å². The van der Waals surface area contributed by atoms with E-state index in [1.54, 1.807) is 0 Å². The van der Waals surface area contributed by atoms with Crippen LogP contribution < -0.4 is 5.32 Å². The van der Waals surface area contributed by atoms with Gasteiger partial charge in [-0.3, -0.25) is 15.2 Å². The fourth-order valence-electron chi connectivity index (χ4n) is 3.19. The third-order valence-corrected chi connectivity index (χ3v) is 4.75. The van der Waals surface area contributed by atoms with Crippen molar-refractivity contribution in [2.75, 3.05) is 5.32 Å². The molecule has 0 unspecified atom stereocenters. The van der Waals surface area contributed by atoms with Gasteiger partial charge in [0.05, 0.1) is 5.92 Å². The topological polar surface area (TPSA) is 70.7 Å². The molecule has 0 aliphatic heterocycles. The van der Waals surface area contributed by atoms with E-state index in [1.807, 2.05) is 31.2 Å². The molecule has 2 atom stereocenters. The summed E-state index contributed by atoms with van der Waals surface area (Å²) < 4.78 is 0. The number of nitrogens with zero attached hydrogens (tertiary/aromatic N) is 2. The number of H-pyrrole nitrogens is 1. The highest BCUT2D eigenvalue weighted by molar-refractivity contribution is 5.94. The molecule has 0 radical (unpaired) electrons. The van der Waals surface area contributed by atoms with Crippen molar-refractivity contribution in [3.8, 4) is 11.4 Å². The van der Waals surface area contributed by atoms with Crippen LogP contribution in [-0.4, -0.2) is 21.1 Å². The fourth-order valence-corrected chi connectivity index (χ4v) is 3.19. The van der Waals surface area contributed by atoms with Gasteiger partial charge in [-0.25, -0.2) is 0 Å². The molecule has 3 rings (SSSR count). The molecule has 0 bridgehead atoms. The summed E-state index contributed by atoms with van der Waals surface area (Å²) in [5.41, 5.74) is 3.36. The molecule has 1 aromatic carbocycles. The van der Waals surface area contributed by atoms with E-state index in [9.17, 15) is 4.79 Å². The molecule has 2 N–H and O–H groups in total. The lowest BCUT2D eigenvalue weighted by molar-refractivity contribution is -0.118. The maximum atomic E-state index is 12.5. The zero-order chi connectivity index (χ0) is 17.5. The molecule has 5 heteroatoms. The fraction of sp³-hybridized carbons (Fsp3) is 0.421. The van der Waals surface area contributed by atoms with Crippen LogP contribution in [-0.2, 0) is 4.79 Å². The average Bonchev–Trinajstić information content (AvgIpc) is 2.84. The summed E-state index contributed by atoms with van der Waals surface area (Å²) in [6, 6.07) is 8.01. The van der Waals surface area contributed by atoms with Crippen LogP contribution in [0.3, 0.4) is 0 Å². The minimum absolute atomic E-state index is 0.0164. The molecule has 1 fully saturated rings. The standard InChI is InChI=1S/C19H24N4O/c1-11(2)10-14-15(19(14,4)5)17(24)21-18-20-16(22-23-18)13-8-6-12(3)7-9-13/h6-10,14-15H,1-5H3,(H2,20,21,22,23,24)/t14-,15+/m1/s1. The monoisotopic (exact) mass is 324 g/mol. The lowest BCUT2D eigenvalue weighted by Gasteiger charge is -2.01. The van der Waals surface area contributed by atoms with Gasteiger partial charge in [-0.1, -0.05) is 55.3 Å². The molecule has 24 heavy (non-hydrogen) atoms. The number of aromatic amines is 1. The SMILES string of the molecule is CC(C)=C[C@@H]1[C@@H](C(=O)Nc2n[nH]c(-c3ccc(C)cc3)n2)C1(C)C. The summed E-state index contributed by atoms with van der Waals surface area (Å²) >= 11 is 0. The molecule has 1 amide bonds. The first-order valence-corrected chi connectivity index (χ1v) is 8.24. The number of anilines is 1. The predicted molar refractivity (Wildman–Crippen MR) is 95.4 cm³/mol. The van der Waals surface area contributed by atoms with Crippen LogP contribution in [0.4, 0.5) is 5.95 Å². The molecule has 0 spiro atoms. The average molecular weight is 324 g/mol. The van der Waals surface area contributed by atoms with Crippen LogP contribution in [0, 0.1) is 24.2 Å². The number of carbonyl (C=O) groups excluding carboxylic acids is 1. The van der Waals surface area contributed by atoms with Crippen LogP contribution in [0.2, 0.25) is 0 Å². The molecule has 126 valence electrons. The highest BCUT2D eigenvalue weighted by Crippen LogP contribution is 2.59. The van der Waals surface area contributed by atoms with Gasteiger partial charge in [0, 0.05) is 5.56 Å². The third-order valence-electron chi connectivity index (χ3n) is 4.75. The van der Waals surface area contributed by atoms with Crippen molar-refractivity contribution >= 4 is 11.9 Å². The smallest absolute Gasteiger partial charge is 0.249 e. The zero-order valence-corrected chi connectivity index (χ0v) is 14.8. The second kappa shape index (κ2) is 5.89. The van der Waals surface area contributed by atoms with E-state index in [2.05, 4.69) is 54.3 Å². The summed E-state index contributed by atoms with van der Waals surface area (Å²) in [6.45, 7) is 10.4. The van der Waals surface area contributed by atoms with Gasteiger partial charge in [0.1, 0.15) is 0 Å². The number of benzene rings is 1. The first-order chi connectivity index (χ1) is 11.3. The molecule has 1 aliphatic carbocycles. The number of hydrogen-bond donors (Lipinski definition) is 2. The van der Waals surface area contributed by atoms with Gasteiger partial charge >= 0.3 is 0 Å². The van der Waals surface area contributed by atoms with Crippen molar-refractivity contribution in [2.45, 2.75) is 34.6 Å². The highest BCUT2D eigenvalue weighted by atomic mass is 16.2. The minimum Gasteiger partial charge on any atom is -0.293 e. The first-order valence-electron chi connectivity index (χ1n) is 8.24. The van der Waals surface area contributed by atoms with E-state index in [0.717, 1.165) is 5.56 Å². The summed E-state index contributed by atoms with van der Waals surface area (Å²) in [6.07, 6.45) is 2.18. The maximum absolute atomic E-state index is 12.5. The Morgan fingerprint density at radius 1 is 1.25 bits per heavy atom. The Kier molecular flexibility index (Phi) is 4.03. The number of hydrogen-bond acceptors (Lipinski definition) is 3. The van der Waals surface area contributed by atoms with E-state index in [0.29, 0.717) is 11.8 Å². The van der Waals surface area contributed by atoms with E-state index < -0.39 is 0 Å². The number of carbonyl (C=O) groups is 1. The molecule has 5 nitrogen and oxygen atoms in total. The van der Waals surface area contributed by atoms with Crippen LogP contribution in [0.5, 0.6) is 0 Å². The van der Waals surface area contributed by atoms with Crippen LogP contribution >= 0.6 is 0 Å². The Hall–Kier alpha value is -2.43. The summed E-state index contributed by atoms with van der Waals surface area (Å²) in [4.78, 5) is 16.9. The van der Waals surface area contributed by atoms with Crippen molar-refractivity contribution in [1.82, 2.24) is 15.2 Å². The number of allylic oxidation sites excluding steroid dienone is 2. The third kappa shape index (κ3) is 3.11. The van der Waals surface area contributed by atoms with Gasteiger partial charge in [-0.05, 0) is 32.1 Å². The van der Waals surface area contributed by atoms with Crippen molar-refractivity contribution in [3.05, 3.63) is 41.5 Å². The summed E-state index contributed by atoms with van der Waals surface area (Å²) in [7, 11) is 0. The maximum Gasteiger partial charge on any atom is 0.249 e. The normalized spacial score (nSPS) is 21.2. The molecule has 1 aliphatic rings. The Morgan fingerprint density at radius 2 is 1.92 bits per heavy atom. The summed E-state index contributed by atoms with van der Waals surface area (Å²) in [5.74, 6) is 1.21. The van der Waals surface area contributed by atoms with Gasteiger partial charge in [0.15, 0.2) is 5.82 Å². The van der Waals surface area contributed by atoms with Gasteiger partial charge in [0.2, 0.25) is 11.9 Å². The Morgan fingerprint density at radius 3 is 2.54 bits per heavy atom. The van der Waals surface area contributed by atoms with Crippen LogP contribution in [0.1, 0.15) is 33.3 Å². The zero-order valence-electron chi connectivity index (χ0n) is 14.8. The molecule has 2 aromatic rings. The second-order valence-electron chi connectivity index (χ2n) is 7.43. The predicted octanol–water partition coefficient (Wildman–Crippen LogP) is 3.96. The number of amides is 1. The van der Waals surface area contributed by atoms with E-state index in [-0.39, 0.29) is 23.2 Å². The largest absolute Gasteiger partial charge is 0.293 e. The van der Waals surface area contributed by atoms with Gasteiger partial charge in [0.25, 0.3) is 0 Å². The van der Waals surface area contributed by atoms with E-state index in [4.69, 9.17) is 0 Å². The molecule has 1 heterocycles. The van der Waals surface area contributed by atoms with Crippen LogP contribution in [0.15, 0.2) is 35.9 Å². The molecule has 1 saturated carbocycles. The number of nitrogens with one attached hydrogen (secondary N) is 2. The van der Waals surface area contributed by atoms with Crippen molar-refractivity contribution in [3.63, 3.8) is 0 Å². The number of rotatable bonds is 4. The summed E-state index contributed by atoms with van der Waals surface area (Å²) in [5, 5.41) is 9.84. The lowest BCUT2D eigenvalue weighted by atomic mass is 10.1. The van der Waals surface area contributed by atoms with Crippen LogP contribution in [0.25, 0.3) is 11.4 Å².